The van der Waals surface area contributed by atoms with Gasteiger partial charge in [0, 0.05) is 66.8 Å². The number of nitrogens with zero attached hydrogens (tertiary/aromatic N) is 2. The van der Waals surface area contributed by atoms with Crippen LogP contribution in [0.3, 0.4) is 0 Å². The number of allylic oxidation sites excluding steroid dienone is 4. The number of piperidine rings is 1. The molecule has 0 radical (unpaired) electrons. The number of rotatable bonds is 6. The third-order valence-electron chi connectivity index (χ3n) is 10.5. The molecule has 1 amide bonds. The van der Waals surface area contributed by atoms with E-state index in [2.05, 4.69) is 15.5 Å². The number of fused-ring (bicyclic) bond motifs is 7. The average Bonchev–Trinajstić information content (AvgIpc) is 3.36. The van der Waals surface area contributed by atoms with Gasteiger partial charge in [0.05, 0.1) is 22.5 Å². The summed E-state index contributed by atoms with van der Waals surface area (Å²) in [5.41, 5.74) is 0.832. The third kappa shape index (κ3) is 4.84. The number of aromatic hydroxyl groups is 2. The number of anilines is 2. The zero-order valence-corrected chi connectivity index (χ0v) is 28.5. The number of phenolic OH excluding ortho intramolecular Hbond substituents is 2. The van der Waals surface area contributed by atoms with E-state index in [1.54, 1.807) is 31.2 Å². The van der Waals surface area contributed by atoms with Crippen LogP contribution in [0.2, 0.25) is 0 Å². The topological polar surface area (TPSA) is 167 Å². The Balaban J connectivity index is 1.31. The van der Waals surface area contributed by atoms with E-state index in [1.165, 1.54) is 26.8 Å². The highest BCUT2D eigenvalue weighted by Crippen LogP contribution is 2.57. The molecule has 1 saturated heterocycles. The van der Waals surface area contributed by atoms with E-state index >= 15 is 0 Å². The summed E-state index contributed by atoms with van der Waals surface area (Å²) in [6.07, 6.45) is 2.12. The van der Waals surface area contributed by atoms with Gasteiger partial charge in [-0.2, -0.15) is 0 Å². The summed E-state index contributed by atoms with van der Waals surface area (Å²) >= 11 is 0. The van der Waals surface area contributed by atoms with Gasteiger partial charge >= 0.3 is 0 Å². The monoisotopic (exact) mass is 678 g/mol. The Bertz CT molecular complexity index is 2180. The first-order chi connectivity index (χ1) is 23.8. The number of carbonyl (C=O) groups excluding carboxylic acids is 4. The van der Waals surface area contributed by atoms with Crippen LogP contribution in [0.4, 0.5) is 11.4 Å². The van der Waals surface area contributed by atoms with Crippen molar-refractivity contribution in [1.29, 1.82) is 0 Å². The summed E-state index contributed by atoms with van der Waals surface area (Å²) in [5.74, 6) is -2.87. The molecule has 3 aromatic rings. The fraction of sp³-hybridized carbons (Fsp3) is 0.342. The van der Waals surface area contributed by atoms with Gasteiger partial charge in [0.1, 0.15) is 34.0 Å². The summed E-state index contributed by atoms with van der Waals surface area (Å²) in [7, 11) is 0. The van der Waals surface area contributed by atoms with E-state index in [9.17, 15) is 34.2 Å². The van der Waals surface area contributed by atoms with Crippen molar-refractivity contribution < 1.29 is 34.1 Å². The van der Waals surface area contributed by atoms with Gasteiger partial charge in [-0.25, -0.2) is 0 Å². The maximum atomic E-state index is 14.5. The van der Waals surface area contributed by atoms with Crippen molar-refractivity contribution in [2.24, 2.45) is 5.92 Å². The second-order valence-electron chi connectivity index (χ2n) is 13.7. The van der Waals surface area contributed by atoms with Crippen molar-refractivity contribution in [1.82, 2.24) is 9.88 Å². The van der Waals surface area contributed by atoms with Crippen molar-refractivity contribution in [3.63, 3.8) is 0 Å². The molecule has 1 fully saturated rings. The summed E-state index contributed by atoms with van der Waals surface area (Å²) in [4.78, 5) is 68.5. The van der Waals surface area contributed by atoms with Gasteiger partial charge in [0.15, 0.2) is 17.3 Å². The number of hydrogen-bond acceptors (Lipinski definition) is 10. The number of amides is 1. The van der Waals surface area contributed by atoms with Crippen LogP contribution in [-0.4, -0.2) is 57.7 Å². The molecule has 4 aliphatic rings. The number of phenols is 2. The van der Waals surface area contributed by atoms with Crippen molar-refractivity contribution in [3.05, 3.63) is 97.8 Å². The van der Waals surface area contributed by atoms with E-state index in [-0.39, 0.29) is 62.8 Å². The highest BCUT2D eigenvalue weighted by molar-refractivity contribution is 6.31. The molecule has 2 aromatic carbocycles. The molecule has 3 unspecified atom stereocenters. The fourth-order valence-electron chi connectivity index (χ4n) is 8.04. The lowest BCUT2D eigenvalue weighted by Gasteiger charge is -2.44. The lowest BCUT2D eigenvalue weighted by Crippen LogP contribution is -2.47. The van der Waals surface area contributed by atoms with Gasteiger partial charge < -0.3 is 35.1 Å². The quantitative estimate of drug-likeness (QED) is 0.168. The molecule has 4 heterocycles. The smallest absolute Gasteiger partial charge is 0.251 e. The Labute approximate surface area is 288 Å². The van der Waals surface area contributed by atoms with Crippen molar-refractivity contribution in [3.8, 4) is 17.2 Å². The zero-order valence-electron chi connectivity index (χ0n) is 28.5. The largest absolute Gasteiger partial charge is 0.507 e. The molecule has 12 nitrogen and oxygen atoms in total. The molecule has 2 bridgehead atoms. The Hall–Kier alpha value is -5.65. The average molecular weight is 679 g/mol. The van der Waals surface area contributed by atoms with Crippen LogP contribution in [0.25, 0.3) is 0 Å². The number of pyridine rings is 1. The Morgan fingerprint density at radius 1 is 1.04 bits per heavy atom. The van der Waals surface area contributed by atoms with Crippen LogP contribution in [-0.2, 0) is 21.5 Å². The normalized spacial score (nSPS) is 22.9. The first kappa shape index (κ1) is 32.9. The Kier molecular flexibility index (Phi) is 7.72. The van der Waals surface area contributed by atoms with E-state index in [0.29, 0.717) is 37.4 Å². The molecule has 4 N–H and O–H groups in total. The third-order valence-corrected chi connectivity index (χ3v) is 10.5. The number of hydrogen-bond donors (Lipinski definition) is 4. The fourth-order valence-corrected chi connectivity index (χ4v) is 8.04. The number of carbonyl (C=O) groups is 4. The Morgan fingerprint density at radius 2 is 1.80 bits per heavy atom. The molecule has 1 aliphatic carbocycles. The molecular weight excluding hydrogens is 640 g/mol. The van der Waals surface area contributed by atoms with E-state index in [4.69, 9.17) is 4.74 Å². The van der Waals surface area contributed by atoms with Crippen molar-refractivity contribution in [2.45, 2.75) is 58.9 Å². The highest BCUT2D eigenvalue weighted by Gasteiger charge is 2.56. The van der Waals surface area contributed by atoms with E-state index < -0.39 is 34.3 Å². The van der Waals surface area contributed by atoms with Gasteiger partial charge in [-0.05, 0) is 71.2 Å². The van der Waals surface area contributed by atoms with Gasteiger partial charge in [0.2, 0.25) is 0 Å². The van der Waals surface area contributed by atoms with Crippen molar-refractivity contribution >= 4 is 34.6 Å². The summed E-state index contributed by atoms with van der Waals surface area (Å²) < 4.78 is 7.76. The lowest BCUT2D eigenvalue weighted by molar-refractivity contribution is -0.123. The minimum atomic E-state index is -1.67. The van der Waals surface area contributed by atoms with Crippen LogP contribution in [0.5, 0.6) is 17.2 Å². The second-order valence-corrected chi connectivity index (χ2v) is 13.7. The van der Waals surface area contributed by atoms with Gasteiger partial charge in [0.25, 0.3) is 11.5 Å². The number of benzene rings is 2. The molecule has 12 heteroatoms. The van der Waals surface area contributed by atoms with Crippen LogP contribution in [0.1, 0.15) is 77.6 Å². The van der Waals surface area contributed by atoms with Crippen LogP contribution < -0.4 is 25.8 Å². The first-order valence-electron chi connectivity index (χ1n) is 16.7. The molecule has 7 rings (SSSR count). The molecule has 0 spiro atoms. The van der Waals surface area contributed by atoms with Crippen LogP contribution in [0.15, 0.2) is 64.3 Å². The summed E-state index contributed by atoms with van der Waals surface area (Å²) in [6.45, 7) is 9.90. The van der Waals surface area contributed by atoms with Crippen LogP contribution >= 0.6 is 0 Å². The van der Waals surface area contributed by atoms with Gasteiger partial charge in [-0.15, -0.1) is 0 Å². The standard InChI is InChI=1S/C38H38N4O8/c1-6-39-37(49)22-10-11-26(41-15-21-12-23(17-41)25-8-7-9-29(45)42(25)16-21)24(13-22)40-19(3)30-27(44)14-28-38(5,36(30)48)32-34(47)18(2)33(46)31(20(4)43)35(32)50-28/h7-11,13-14,21,23,40,46-47H,6,12,15-17H2,1-5H3,(H,39,49). The maximum absolute atomic E-state index is 14.5. The number of nitrogens with one attached hydrogen (secondary N) is 2. The lowest BCUT2D eigenvalue weighted by atomic mass is 9.70. The number of aromatic nitrogens is 1. The summed E-state index contributed by atoms with van der Waals surface area (Å²) in [5, 5.41) is 28.0. The molecule has 258 valence electrons. The van der Waals surface area contributed by atoms with E-state index in [0.717, 1.165) is 17.8 Å². The highest BCUT2D eigenvalue weighted by atomic mass is 16.5. The second kappa shape index (κ2) is 11.7. The number of ether oxygens (including phenoxy) is 1. The van der Waals surface area contributed by atoms with Gasteiger partial charge in [-0.1, -0.05) is 6.07 Å². The van der Waals surface area contributed by atoms with Crippen molar-refractivity contribution in [2.75, 3.05) is 29.9 Å². The maximum Gasteiger partial charge on any atom is 0.251 e. The minimum Gasteiger partial charge on any atom is -0.507 e. The summed E-state index contributed by atoms with van der Waals surface area (Å²) in [6, 6.07) is 10.6. The SMILES string of the molecule is CCNC(=O)c1ccc(N2CC3CC(C2)c2cccc(=O)n2C3)c(NC(C)=C2C(=O)C=C3Oc4c(C(C)=O)c(O)c(C)c(O)c4C3(C)C2=O)c1. The zero-order chi connectivity index (χ0) is 35.8. The van der Waals surface area contributed by atoms with Gasteiger partial charge in [-0.3, -0.25) is 24.0 Å². The predicted molar refractivity (Wildman–Crippen MR) is 185 cm³/mol. The minimum absolute atomic E-state index is 0.00483. The Morgan fingerprint density at radius 3 is 2.52 bits per heavy atom. The number of ketones is 3. The molecule has 50 heavy (non-hydrogen) atoms. The van der Waals surface area contributed by atoms with Crippen LogP contribution in [0, 0.1) is 12.8 Å². The molecule has 1 aromatic heterocycles. The van der Waals surface area contributed by atoms with E-state index in [1.807, 2.05) is 23.6 Å². The predicted octanol–water partition coefficient (Wildman–Crippen LogP) is 4.22. The number of Topliss-reactive ketones (excluding diaryl/α,β-unsaturated/α-hetero) is 2. The molecule has 3 atom stereocenters. The molecule has 0 saturated carbocycles. The first-order valence-corrected chi connectivity index (χ1v) is 16.7. The molecule has 3 aliphatic heterocycles. The molecular formula is C38H38N4O8.